The first-order chi connectivity index (χ1) is 13.6. The van der Waals surface area contributed by atoms with Gasteiger partial charge in [0.1, 0.15) is 12.1 Å². The standard InChI is InChI=1S/C23H23N5O/c1-13-6-7-14(2)15(10-13)28-20(29)23-9-8-22(5,21(23,3)4)18-19(23)27-17(12-25)16(11-24)26-18/h6-7,10H,8-9H2,1-5H3,(H,28,29). The highest BCUT2D eigenvalue weighted by Crippen LogP contribution is 2.70. The number of nitriles is 2. The van der Waals surface area contributed by atoms with E-state index in [1.807, 2.05) is 44.2 Å². The molecule has 29 heavy (non-hydrogen) atoms. The van der Waals surface area contributed by atoms with E-state index in [2.05, 4.69) is 36.1 Å². The second-order valence-electron chi connectivity index (χ2n) is 8.98. The van der Waals surface area contributed by atoms with Gasteiger partial charge in [-0.15, -0.1) is 0 Å². The normalized spacial score (nSPS) is 25.8. The molecule has 6 heteroatoms. The van der Waals surface area contributed by atoms with Crippen LogP contribution in [0.3, 0.4) is 0 Å². The van der Waals surface area contributed by atoms with E-state index in [1.165, 1.54) is 0 Å². The summed E-state index contributed by atoms with van der Waals surface area (Å²) in [5.74, 6) is -0.124. The zero-order chi connectivity index (χ0) is 21.2. The van der Waals surface area contributed by atoms with Crippen molar-refractivity contribution < 1.29 is 4.79 Å². The molecule has 0 aliphatic heterocycles. The third-order valence-electron chi connectivity index (χ3n) is 7.51. The third kappa shape index (κ3) is 2.17. The molecular formula is C23H23N5O. The van der Waals surface area contributed by atoms with Crippen molar-refractivity contribution in [2.75, 3.05) is 5.32 Å². The van der Waals surface area contributed by atoms with Crippen LogP contribution in [-0.2, 0) is 15.6 Å². The summed E-state index contributed by atoms with van der Waals surface area (Å²) in [6.07, 6.45) is 1.41. The van der Waals surface area contributed by atoms with Gasteiger partial charge in [-0.3, -0.25) is 4.79 Å². The average Bonchev–Trinajstić information content (AvgIpc) is 2.99. The van der Waals surface area contributed by atoms with E-state index in [1.54, 1.807) is 0 Å². The van der Waals surface area contributed by atoms with Gasteiger partial charge in [0.25, 0.3) is 0 Å². The average molecular weight is 385 g/mol. The lowest BCUT2D eigenvalue weighted by atomic mass is 9.63. The van der Waals surface area contributed by atoms with Crippen LogP contribution in [0, 0.1) is 41.9 Å². The highest BCUT2D eigenvalue weighted by molar-refractivity contribution is 6.02. The summed E-state index contributed by atoms with van der Waals surface area (Å²) < 4.78 is 0. The first-order valence-corrected chi connectivity index (χ1v) is 9.74. The van der Waals surface area contributed by atoms with Crippen LogP contribution in [0.4, 0.5) is 5.69 Å². The van der Waals surface area contributed by atoms with Gasteiger partial charge in [0.05, 0.1) is 16.8 Å². The molecule has 2 aromatic rings. The van der Waals surface area contributed by atoms with E-state index in [0.29, 0.717) is 17.8 Å². The topological polar surface area (TPSA) is 102 Å². The van der Waals surface area contributed by atoms with E-state index in [-0.39, 0.29) is 17.3 Å². The Bertz CT molecular complexity index is 1150. The van der Waals surface area contributed by atoms with Gasteiger partial charge in [0.2, 0.25) is 5.91 Å². The second kappa shape index (κ2) is 5.87. The SMILES string of the molecule is Cc1ccc(C)c(NC(=O)C23CCC(C)(c4nc(C#N)c(C#N)nc42)C3(C)C)c1. The summed E-state index contributed by atoms with van der Waals surface area (Å²) in [5.41, 5.74) is 2.31. The Morgan fingerprint density at radius 1 is 1.03 bits per heavy atom. The monoisotopic (exact) mass is 385 g/mol. The molecule has 1 saturated carbocycles. The number of carbonyl (C=O) groups excluding carboxylic acids is 1. The first kappa shape index (κ1) is 19.1. The van der Waals surface area contributed by atoms with Crippen molar-refractivity contribution in [1.29, 1.82) is 10.5 Å². The molecule has 4 rings (SSSR count). The van der Waals surface area contributed by atoms with Crippen LogP contribution in [0.5, 0.6) is 0 Å². The van der Waals surface area contributed by atoms with E-state index in [4.69, 9.17) is 0 Å². The molecule has 2 unspecified atom stereocenters. The number of benzene rings is 1. The van der Waals surface area contributed by atoms with Gasteiger partial charge in [-0.2, -0.15) is 10.5 Å². The number of fused-ring (bicyclic) bond motifs is 5. The minimum absolute atomic E-state index is 0.0166. The van der Waals surface area contributed by atoms with Gasteiger partial charge in [-0.05, 0) is 49.3 Å². The smallest absolute Gasteiger partial charge is 0.237 e. The summed E-state index contributed by atoms with van der Waals surface area (Å²) in [6.45, 7) is 10.2. The predicted molar refractivity (Wildman–Crippen MR) is 108 cm³/mol. The highest BCUT2D eigenvalue weighted by atomic mass is 16.2. The van der Waals surface area contributed by atoms with Crippen LogP contribution >= 0.6 is 0 Å². The minimum atomic E-state index is -0.903. The van der Waals surface area contributed by atoms with Gasteiger partial charge in [0.15, 0.2) is 11.4 Å². The molecular weight excluding hydrogens is 362 g/mol. The van der Waals surface area contributed by atoms with Crippen molar-refractivity contribution >= 4 is 11.6 Å². The maximum atomic E-state index is 13.8. The number of nitrogens with zero attached hydrogens (tertiary/aromatic N) is 4. The lowest BCUT2D eigenvalue weighted by Gasteiger charge is -2.39. The Morgan fingerprint density at radius 2 is 1.66 bits per heavy atom. The van der Waals surface area contributed by atoms with Crippen molar-refractivity contribution in [3.63, 3.8) is 0 Å². The molecule has 2 aliphatic rings. The van der Waals surface area contributed by atoms with E-state index >= 15 is 0 Å². The molecule has 1 aromatic carbocycles. The van der Waals surface area contributed by atoms with Crippen LogP contribution in [0.25, 0.3) is 0 Å². The highest BCUT2D eigenvalue weighted by Gasteiger charge is 2.73. The van der Waals surface area contributed by atoms with E-state index < -0.39 is 16.2 Å². The Morgan fingerprint density at radius 3 is 2.28 bits per heavy atom. The first-order valence-electron chi connectivity index (χ1n) is 9.74. The summed E-state index contributed by atoms with van der Waals surface area (Å²) in [4.78, 5) is 22.9. The Balaban J connectivity index is 1.92. The molecule has 2 bridgehead atoms. The summed E-state index contributed by atoms with van der Waals surface area (Å²) in [6, 6.07) is 9.91. The van der Waals surface area contributed by atoms with Gasteiger partial charge in [-0.1, -0.05) is 32.9 Å². The van der Waals surface area contributed by atoms with Crippen LogP contribution < -0.4 is 5.32 Å². The number of aryl methyl sites for hydroxylation is 2. The predicted octanol–water partition coefficient (Wildman–Crippen LogP) is 3.80. The van der Waals surface area contributed by atoms with E-state index in [0.717, 1.165) is 23.2 Å². The van der Waals surface area contributed by atoms with Gasteiger partial charge < -0.3 is 5.32 Å². The quantitative estimate of drug-likeness (QED) is 0.847. The maximum Gasteiger partial charge on any atom is 0.237 e. The molecule has 2 aliphatic carbocycles. The number of anilines is 1. The number of aromatic nitrogens is 2. The number of carbonyl (C=O) groups is 1. The molecule has 1 amide bonds. The molecule has 6 nitrogen and oxygen atoms in total. The molecule has 1 heterocycles. The van der Waals surface area contributed by atoms with Crippen molar-refractivity contribution in [3.8, 4) is 12.1 Å². The molecule has 0 spiro atoms. The Labute approximate surface area is 170 Å². The number of hydrogen-bond donors (Lipinski definition) is 1. The lowest BCUT2D eigenvalue weighted by molar-refractivity contribution is -0.125. The second-order valence-corrected chi connectivity index (χ2v) is 8.98. The zero-order valence-corrected chi connectivity index (χ0v) is 17.3. The number of hydrogen-bond acceptors (Lipinski definition) is 5. The largest absolute Gasteiger partial charge is 0.325 e. The van der Waals surface area contributed by atoms with Crippen LogP contribution in [0.1, 0.15) is 67.5 Å². The molecule has 1 aromatic heterocycles. The van der Waals surface area contributed by atoms with Crippen molar-refractivity contribution in [2.45, 2.75) is 58.3 Å². The summed E-state index contributed by atoms with van der Waals surface area (Å²) >= 11 is 0. The zero-order valence-electron chi connectivity index (χ0n) is 17.3. The van der Waals surface area contributed by atoms with Crippen molar-refractivity contribution in [3.05, 3.63) is 52.1 Å². The van der Waals surface area contributed by atoms with Gasteiger partial charge in [-0.25, -0.2) is 9.97 Å². The third-order valence-corrected chi connectivity index (χ3v) is 7.51. The number of amides is 1. The van der Waals surface area contributed by atoms with Crippen molar-refractivity contribution in [2.24, 2.45) is 5.41 Å². The van der Waals surface area contributed by atoms with E-state index in [9.17, 15) is 15.3 Å². The number of rotatable bonds is 2. The summed E-state index contributed by atoms with van der Waals surface area (Å²) in [5, 5.41) is 22.0. The molecule has 1 N–H and O–H groups in total. The Hall–Kier alpha value is -3.25. The molecule has 2 atom stereocenters. The molecule has 0 radical (unpaired) electrons. The minimum Gasteiger partial charge on any atom is -0.325 e. The van der Waals surface area contributed by atoms with Crippen molar-refractivity contribution in [1.82, 2.24) is 9.97 Å². The fourth-order valence-electron chi connectivity index (χ4n) is 5.24. The van der Waals surface area contributed by atoms with Crippen LogP contribution in [0.2, 0.25) is 0 Å². The lowest BCUT2D eigenvalue weighted by Crippen LogP contribution is -2.48. The van der Waals surface area contributed by atoms with Gasteiger partial charge in [0, 0.05) is 11.1 Å². The molecule has 146 valence electrons. The number of nitrogens with one attached hydrogen (secondary N) is 1. The van der Waals surface area contributed by atoms with Gasteiger partial charge >= 0.3 is 0 Å². The molecule has 1 fully saturated rings. The fourth-order valence-corrected chi connectivity index (χ4v) is 5.24. The molecule has 0 saturated heterocycles. The Kier molecular flexibility index (Phi) is 3.87. The fraction of sp³-hybridized carbons (Fsp3) is 0.435. The maximum absolute atomic E-state index is 13.8. The van der Waals surface area contributed by atoms with Crippen LogP contribution in [0.15, 0.2) is 18.2 Å². The summed E-state index contributed by atoms with van der Waals surface area (Å²) in [7, 11) is 0. The van der Waals surface area contributed by atoms with Crippen LogP contribution in [-0.4, -0.2) is 15.9 Å².